The largest absolute Gasteiger partial charge is 0.507 e. The van der Waals surface area contributed by atoms with E-state index in [1.807, 2.05) is 59.1 Å². The Morgan fingerprint density at radius 1 is 0.909 bits per heavy atom. The molecule has 0 aliphatic rings. The lowest BCUT2D eigenvalue weighted by atomic mass is 9.77. The Labute approximate surface area is 197 Å². The maximum atomic E-state index is 13.1. The second kappa shape index (κ2) is 9.81. The Morgan fingerprint density at radius 3 is 1.73 bits per heavy atom. The van der Waals surface area contributed by atoms with Crippen LogP contribution in [-0.2, 0) is 41.4 Å². The number of amides is 1. The Kier molecular flexibility index (Phi) is 8.50. The summed E-state index contributed by atoms with van der Waals surface area (Å²) >= 11 is 0. The predicted octanol–water partition coefficient (Wildman–Crippen LogP) is 3.76. The maximum absolute atomic E-state index is 13.1. The van der Waals surface area contributed by atoms with E-state index in [4.69, 9.17) is 15.6 Å². The molecule has 0 aliphatic carbocycles. The van der Waals surface area contributed by atoms with E-state index < -0.39 is 28.7 Å². The molecule has 1 amide bonds. The van der Waals surface area contributed by atoms with Crippen LogP contribution in [0.1, 0.15) is 92.3 Å². The highest BCUT2D eigenvalue weighted by atomic mass is 17.2. The van der Waals surface area contributed by atoms with Gasteiger partial charge in [0, 0.05) is 6.42 Å². The second-order valence-corrected chi connectivity index (χ2v) is 11.6. The van der Waals surface area contributed by atoms with Crippen molar-refractivity contribution < 1.29 is 29.3 Å². The number of nitrogens with two attached hydrogens (primary N) is 1. The van der Waals surface area contributed by atoms with Crippen molar-refractivity contribution in [2.75, 3.05) is 0 Å². The number of ketones is 1. The summed E-state index contributed by atoms with van der Waals surface area (Å²) in [6, 6.07) is 3.72. The number of Topliss-reactive ketones (excluding diaryl/α,β-unsaturated/α-hetero) is 1. The fourth-order valence-electron chi connectivity index (χ4n) is 3.21. The van der Waals surface area contributed by atoms with Gasteiger partial charge in [0.2, 0.25) is 5.41 Å². The lowest BCUT2D eigenvalue weighted by Crippen LogP contribution is -2.53. The highest BCUT2D eigenvalue weighted by Crippen LogP contribution is 2.40. The molecule has 8 nitrogen and oxygen atoms in total. The molecule has 0 fully saturated rings. The molecule has 0 aliphatic heterocycles. The number of hydrazine groups is 1. The highest BCUT2D eigenvalue weighted by Gasteiger charge is 2.50. The van der Waals surface area contributed by atoms with Crippen LogP contribution in [0.5, 0.6) is 5.75 Å². The van der Waals surface area contributed by atoms with Crippen molar-refractivity contribution in [2.24, 2.45) is 11.3 Å². The fourth-order valence-corrected chi connectivity index (χ4v) is 3.21. The monoisotopic (exact) mass is 464 g/mol. The van der Waals surface area contributed by atoms with Crippen LogP contribution >= 0.6 is 0 Å². The van der Waals surface area contributed by atoms with Gasteiger partial charge in [0.25, 0.3) is 5.91 Å². The van der Waals surface area contributed by atoms with Crippen molar-refractivity contribution in [3.63, 3.8) is 0 Å². The maximum Gasteiger partial charge on any atom is 0.365 e. The van der Waals surface area contributed by atoms with Gasteiger partial charge in [-0.15, -0.1) is 0 Å². The first kappa shape index (κ1) is 28.6. The van der Waals surface area contributed by atoms with Crippen LogP contribution in [-0.4, -0.2) is 28.4 Å². The number of hydrogen-bond donors (Lipinski definition) is 3. The van der Waals surface area contributed by atoms with E-state index in [-0.39, 0.29) is 29.4 Å². The summed E-state index contributed by atoms with van der Waals surface area (Å²) in [5.41, 5.74) is 0.567. The molecule has 1 atom stereocenters. The summed E-state index contributed by atoms with van der Waals surface area (Å²) < 4.78 is 0. The molecule has 0 saturated heterocycles. The molecule has 8 heteroatoms. The average Bonchev–Trinajstić information content (AvgIpc) is 2.67. The third kappa shape index (κ3) is 7.01. The van der Waals surface area contributed by atoms with Gasteiger partial charge in [-0.05, 0) is 61.6 Å². The summed E-state index contributed by atoms with van der Waals surface area (Å²) in [5.74, 6) is 2.71. The number of phenolic OH excluding ortho intramolecular Hbond substituents is 1. The van der Waals surface area contributed by atoms with Crippen LogP contribution in [0, 0.1) is 5.41 Å². The van der Waals surface area contributed by atoms with Crippen molar-refractivity contribution in [1.82, 2.24) is 5.43 Å². The van der Waals surface area contributed by atoms with E-state index in [9.17, 15) is 19.5 Å². The van der Waals surface area contributed by atoms with Gasteiger partial charge in [0.15, 0.2) is 5.78 Å². The molecule has 4 N–H and O–H groups in total. The molecule has 33 heavy (non-hydrogen) atoms. The minimum atomic E-state index is -2.17. The Balaban J connectivity index is 3.29. The minimum absolute atomic E-state index is 0.119. The van der Waals surface area contributed by atoms with E-state index in [2.05, 4.69) is 0 Å². The number of carbonyl (C=O) groups is 3. The molecule has 0 radical (unpaired) electrons. The minimum Gasteiger partial charge on any atom is -0.507 e. The second-order valence-electron chi connectivity index (χ2n) is 11.6. The number of hydrogen-bond acceptors (Lipinski definition) is 7. The quantitative estimate of drug-likeness (QED) is 0.184. The zero-order valence-corrected chi connectivity index (χ0v) is 21.6. The van der Waals surface area contributed by atoms with Crippen LogP contribution in [0.2, 0.25) is 0 Å². The Morgan fingerprint density at radius 2 is 1.36 bits per heavy atom. The zero-order valence-electron chi connectivity index (χ0n) is 21.6. The summed E-state index contributed by atoms with van der Waals surface area (Å²) in [4.78, 5) is 48.0. The number of rotatable bonds is 7. The van der Waals surface area contributed by atoms with E-state index >= 15 is 0 Å². The highest BCUT2D eigenvalue weighted by molar-refractivity contribution is 6.21. The number of carbonyl (C=O) groups excluding carboxylic acids is 3. The lowest BCUT2D eigenvalue weighted by molar-refractivity contribution is -0.324. The number of benzene rings is 1. The lowest BCUT2D eigenvalue weighted by Gasteiger charge is -2.28. The average molecular weight is 465 g/mol. The molecule has 1 aromatic carbocycles. The Hall–Kier alpha value is -2.45. The van der Waals surface area contributed by atoms with Crippen molar-refractivity contribution in [3.05, 3.63) is 28.8 Å². The summed E-state index contributed by atoms with van der Waals surface area (Å²) in [5, 5.41) is 10.9. The number of phenols is 1. The van der Waals surface area contributed by atoms with Gasteiger partial charge in [-0.3, -0.25) is 19.9 Å². The van der Waals surface area contributed by atoms with Crippen LogP contribution in [0.25, 0.3) is 0 Å². The zero-order chi connectivity index (χ0) is 26.0. The van der Waals surface area contributed by atoms with Crippen molar-refractivity contribution in [1.29, 1.82) is 0 Å². The number of aryl methyl sites for hydroxylation is 1. The smallest absolute Gasteiger partial charge is 0.365 e. The molecule has 1 unspecified atom stereocenters. The first-order chi connectivity index (χ1) is 14.7. The van der Waals surface area contributed by atoms with Crippen molar-refractivity contribution >= 4 is 17.7 Å². The number of nitrogens with one attached hydrogen (secondary N) is 1. The van der Waals surface area contributed by atoms with Gasteiger partial charge in [0.05, 0.1) is 0 Å². The topological polar surface area (TPSA) is 128 Å². The Bertz CT molecular complexity index is 868. The van der Waals surface area contributed by atoms with Crippen molar-refractivity contribution in [3.8, 4) is 5.75 Å². The van der Waals surface area contributed by atoms with Crippen LogP contribution in [0.15, 0.2) is 12.1 Å². The van der Waals surface area contributed by atoms with Gasteiger partial charge in [-0.25, -0.2) is 10.6 Å². The molecule has 186 valence electrons. The molecule has 0 aromatic heterocycles. The molecular formula is C25H40N2O6. The first-order valence-corrected chi connectivity index (χ1v) is 11.1. The van der Waals surface area contributed by atoms with Crippen LogP contribution < -0.4 is 11.3 Å². The first-order valence-electron chi connectivity index (χ1n) is 11.1. The third-order valence-electron chi connectivity index (χ3n) is 5.34. The fraction of sp³-hybridized carbons (Fsp3) is 0.640. The van der Waals surface area contributed by atoms with E-state index in [1.165, 1.54) is 6.92 Å². The standard InChI is InChI=1S/C25H40N2O6/c1-22(2,3)16-13-15(14-17(19(16)29)23(4,5)6)11-12-18(28)25(10,20(30)27-26)21(31)32-33-24(7,8)9/h13-14,29H,11-12,26H2,1-10H3,(H,27,30). The third-order valence-corrected chi connectivity index (χ3v) is 5.34. The summed E-state index contributed by atoms with van der Waals surface area (Å²) in [6.45, 7) is 18.1. The molecule has 0 bridgehead atoms. The van der Waals surface area contributed by atoms with Crippen molar-refractivity contribution in [2.45, 2.75) is 98.5 Å². The predicted molar refractivity (Wildman–Crippen MR) is 126 cm³/mol. The molecule has 0 saturated carbocycles. The molecule has 0 heterocycles. The van der Waals surface area contributed by atoms with E-state index in [0.29, 0.717) is 0 Å². The van der Waals surface area contributed by atoms with Gasteiger partial charge >= 0.3 is 5.97 Å². The molecule has 1 aromatic rings. The SMILES string of the molecule is CC(C)(C)OOC(=O)C(C)(C(=O)CCc1cc(C(C)(C)C)c(O)c(C(C)(C)C)c1)C(=O)NN. The molecule has 0 spiro atoms. The van der Waals surface area contributed by atoms with E-state index in [1.54, 1.807) is 20.8 Å². The van der Waals surface area contributed by atoms with Gasteiger partial charge < -0.3 is 5.11 Å². The van der Waals surface area contributed by atoms with Gasteiger partial charge in [-0.1, -0.05) is 53.7 Å². The normalized spacial score (nSPS) is 14.4. The van der Waals surface area contributed by atoms with Crippen LogP contribution in [0.3, 0.4) is 0 Å². The van der Waals surface area contributed by atoms with Gasteiger partial charge in [-0.2, -0.15) is 4.89 Å². The molecular weight excluding hydrogens is 424 g/mol. The number of aromatic hydroxyl groups is 1. The molecule has 1 rings (SSSR count). The van der Waals surface area contributed by atoms with Gasteiger partial charge in [0.1, 0.15) is 11.4 Å². The summed E-state index contributed by atoms with van der Waals surface area (Å²) in [6.07, 6.45) is 0.138. The van der Waals surface area contributed by atoms with E-state index in [0.717, 1.165) is 16.7 Å². The van der Waals surface area contributed by atoms with Crippen LogP contribution in [0.4, 0.5) is 0 Å². The summed E-state index contributed by atoms with van der Waals surface area (Å²) in [7, 11) is 0.